The second-order valence-corrected chi connectivity index (χ2v) is 4.97. The van der Waals surface area contributed by atoms with Crippen molar-refractivity contribution in [3.8, 4) is 0 Å². The number of nitrogens with one attached hydrogen (secondary N) is 1. The van der Waals surface area contributed by atoms with Crippen molar-refractivity contribution >= 4 is 34.8 Å². The van der Waals surface area contributed by atoms with Crippen LogP contribution in [0.1, 0.15) is 22.8 Å². The molecule has 0 aliphatic carbocycles. The lowest BCUT2D eigenvalue weighted by atomic mass is 10.1. The number of hydrogen-bond acceptors (Lipinski definition) is 2. The molecule has 3 nitrogen and oxygen atoms in total. The Morgan fingerprint density at radius 1 is 1.10 bits per heavy atom. The second-order valence-electron chi connectivity index (χ2n) is 4.13. The van der Waals surface area contributed by atoms with Gasteiger partial charge in [-0.3, -0.25) is 4.79 Å². The fourth-order valence-electron chi connectivity index (χ4n) is 1.63. The molecule has 0 fully saturated rings. The zero-order valence-electron chi connectivity index (χ0n) is 10.7. The van der Waals surface area contributed by atoms with Crippen LogP contribution >= 0.6 is 23.2 Å². The number of hydrazone groups is 1. The van der Waals surface area contributed by atoms with E-state index in [-0.39, 0.29) is 5.91 Å². The standard InChI is InChI=1S/C15H12Cl2N2O/c1-10(13-8-7-12(16)9-14(13)17)18-19-15(20)11-5-3-2-4-6-11/h2-9H,1H3,(H,19,20)/b18-10-. The summed E-state index contributed by atoms with van der Waals surface area (Å²) in [5.74, 6) is -0.268. The lowest BCUT2D eigenvalue weighted by Crippen LogP contribution is -2.19. The van der Waals surface area contributed by atoms with Crippen LogP contribution < -0.4 is 5.43 Å². The van der Waals surface area contributed by atoms with E-state index in [0.29, 0.717) is 21.3 Å². The molecular formula is C15H12Cl2N2O. The molecule has 2 aromatic rings. The van der Waals surface area contributed by atoms with Gasteiger partial charge in [-0.05, 0) is 31.2 Å². The Hall–Kier alpha value is -1.84. The Kier molecular flexibility index (Phi) is 4.77. The van der Waals surface area contributed by atoms with E-state index in [1.807, 2.05) is 6.07 Å². The second kappa shape index (κ2) is 6.55. The first-order valence-electron chi connectivity index (χ1n) is 5.93. The van der Waals surface area contributed by atoms with Gasteiger partial charge in [0.25, 0.3) is 5.91 Å². The maximum Gasteiger partial charge on any atom is 0.271 e. The van der Waals surface area contributed by atoms with Crippen LogP contribution in [0.5, 0.6) is 0 Å². The molecule has 0 spiro atoms. The van der Waals surface area contributed by atoms with Gasteiger partial charge in [-0.2, -0.15) is 5.10 Å². The first kappa shape index (κ1) is 14.6. The predicted molar refractivity (Wildman–Crippen MR) is 82.6 cm³/mol. The van der Waals surface area contributed by atoms with Gasteiger partial charge in [-0.25, -0.2) is 5.43 Å². The van der Waals surface area contributed by atoms with Crippen molar-refractivity contribution in [2.45, 2.75) is 6.92 Å². The van der Waals surface area contributed by atoms with Gasteiger partial charge in [-0.1, -0.05) is 47.5 Å². The van der Waals surface area contributed by atoms with Crippen molar-refractivity contribution in [2.24, 2.45) is 5.10 Å². The van der Waals surface area contributed by atoms with Crippen LogP contribution in [0.25, 0.3) is 0 Å². The Balaban J connectivity index is 2.13. The minimum Gasteiger partial charge on any atom is -0.267 e. The average Bonchev–Trinajstić information content (AvgIpc) is 2.45. The summed E-state index contributed by atoms with van der Waals surface area (Å²) in [7, 11) is 0. The minimum atomic E-state index is -0.268. The first-order chi connectivity index (χ1) is 9.58. The molecule has 0 radical (unpaired) electrons. The maximum absolute atomic E-state index is 11.8. The molecular weight excluding hydrogens is 295 g/mol. The first-order valence-corrected chi connectivity index (χ1v) is 6.68. The number of nitrogens with zero attached hydrogens (tertiary/aromatic N) is 1. The zero-order chi connectivity index (χ0) is 14.5. The van der Waals surface area contributed by atoms with Crippen molar-refractivity contribution in [3.05, 3.63) is 69.7 Å². The molecule has 2 aromatic carbocycles. The molecule has 0 atom stereocenters. The molecule has 1 amide bonds. The number of halogens is 2. The third kappa shape index (κ3) is 3.59. The Labute approximate surface area is 127 Å². The summed E-state index contributed by atoms with van der Waals surface area (Å²) in [6.07, 6.45) is 0. The van der Waals surface area contributed by atoms with E-state index < -0.39 is 0 Å². The minimum absolute atomic E-state index is 0.268. The van der Waals surface area contributed by atoms with Crippen LogP contribution in [0, 0.1) is 0 Å². The zero-order valence-corrected chi connectivity index (χ0v) is 12.2. The number of hydrogen-bond donors (Lipinski definition) is 1. The normalized spacial score (nSPS) is 11.2. The smallest absolute Gasteiger partial charge is 0.267 e. The van der Waals surface area contributed by atoms with Crippen molar-refractivity contribution in [2.75, 3.05) is 0 Å². The molecule has 0 unspecified atom stereocenters. The summed E-state index contributed by atoms with van der Waals surface area (Å²) >= 11 is 11.9. The molecule has 0 saturated carbocycles. The van der Waals surface area contributed by atoms with Crippen LogP contribution in [0.4, 0.5) is 0 Å². The van der Waals surface area contributed by atoms with Crippen LogP contribution in [-0.2, 0) is 0 Å². The summed E-state index contributed by atoms with van der Waals surface area (Å²) < 4.78 is 0. The SMILES string of the molecule is C/C(=N/NC(=O)c1ccccc1)c1ccc(Cl)cc1Cl. The number of carbonyl (C=O) groups is 1. The van der Waals surface area contributed by atoms with Gasteiger partial charge in [0.1, 0.15) is 0 Å². The monoisotopic (exact) mass is 306 g/mol. The van der Waals surface area contributed by atoms with E-state index >= 15 is 0 Å². The Bertz CT molecular complexity index is 654. The van der Waals surface area contributed by atoms with Crippen LogP contribution in [0.15, 0.2) is 53.6 Å². The molecule has 5 heteroatoms. The lowest BCUT2D eigenvalue weighted by molar-refractivity contribution is 0.0955. The van der Waals surface area contributed by atoms with E-state index in [0.717, 1.165) is 5.56 Å². The summed E-state index contributed by atoms with van der Waals surface area (Å²) in [6, 6.07) is 14.0. The van der Waals surface area contributed by atoms with Crippen LogP contribution in [-0.4, -0.2) is 11.6 Å². The highest BCUT2D eigenvalue weighted by molar-refractivity contribution is 6.37. The molecule has 1 N–H and O–H groups in total. The third-order valence-corrected chi connectivity index (χ3v) is 3.23. The van der Waals surface area contributed by atoms with Gasteiger partial charge < -0.3 is 0 Å². The average molecular weight is 307 g/mol. The van der Waals surface area contributed by atoms with Crippen molar-refractivity contribution < 1.29 is 4.79 Å². The number of benzene rings is 2. The molecule has 2 rings (SSSR count). The van der Waals surface area contributed by atoms with Gasteiger partial charge in [0.15, 0.2) is 0 Å². The predicted octanol–water partition coefficient (Wildman–Crippen LogP) is 4.15. The number of amides is 1. The van der Waals surface area contributed by atoms with Crippen LogP contribution in [0.2, 0.25) is 10.0 Å². The fourth-order valence-corrected chi connectivity index (χ4v) is 2.18. The largest absolute Gasteiger partial charge is 0.271 e. The Morgan fingerprint density at radius 2 is 1.80 bits per heavy atom. The molecule has 0 aromatic heterocycles. The fraction of sp³-hybridized carbons (Fsp3) is 0.0667. The van der Waals surface area contributed by atoms with Crippen molar-refractivity contribution in [1.82, 2.24) is 5.43 Å². The third-order valence-electron chi connectivity index (χ3n) is 2.68. The topological polar surface area (TPSA) is 41.5 Å². The highest BCUT2D eigenvalue weighted by Crippen LogP contribution is 2.21. The highest BCUT2D eigenvalue weighted by atomic mass is 35.5. The van der Waals surface area contributed by atoms with Gasteiger partial charge in [-0.15, -0.1) is 0 Å². The quantitative estimate of drug-likeness (QED) is 0.672. The molecule has 102 valence electrons. The number of rotatable bonds is 3. The molecule has 0 heterocycles. The van der Waals surface area contributed by atoms with Crippen LogP contribution in [0.3, 0.4) is 0 Å². The Morgan fingerprint density at radius 3 is 2.45 bits per heavy atom. The summed E-state index contributed by atoms with van der Waals surface area (Å²) in [5.41, 5.74) is 4.38. The molecule has 0 bridgehead atoms. The highest BCUT2D eigenvalue weighted by Gasteiger charge is 2.06. The summed E-state index contributed by atoms with van der Waals surface area (Å²) in [4.78, 5) is 11.8. The molecule has 0 saturated heterocycles. The molecule has 0 aliphatic rings. The van der Waals surface area contributed by atoms with Crippen molar-refractivity contribution in [3.63, 3.8) is 0 Å². The van der Waals surface area contributed by atoms with Crippen molar-refractivity contribution in [1.29, 1.82) is 0 Å². The maximum atomic E-state index is 11.8. The van der Waals surface area contributed by atoms with E-state index in [1.54, 1.807) is 49.4 Å². The lowest BCUT2D eigenvalue weighted by Gasteiger charge is -2.05. The van der Waals surface area contributed by atoms with E-state index in [9.17, 15) is 4.79 Å². The summed E-state index contributed by atoms with van der Waals surface area (Å²) in [6.45, 7) is 1.76. The van der Waals surface area contributed by atoms with Gasteiger partial charge >= 0.3 is 0 Å². The molecule has 20 heavy (non-hydrogen) atoms. The van der Waals surface area contributed by atoms with E-state index in [4.69, 9.17) is 23.2 Å². The van der Waals surface area contributed by atoms with Gasteiger partial charge in [0.2, 0.25) is 0 Å². The van der Waals surface area contributed by atoms with Gasteiger partial charge in [0.05, 0.1) is 10.7 Å². The molecule has 0 aliphatic heterocycles. The van der Waals surface area contributed by atoms with Gasteiger partial charge in [0, 0.05) is 16.1 Å². The number of carbonyl (C=O) groups excluding carboxylic acids is 1. The van der Waals surface area contributed by atoms with E-state index in [2.05, 4.69) is 10.5 Å². The van der Waals surface area contributed by atoms with E-state index in [1.165, 1.54) is 0 Å². The summed E-state index contributed by atoms with van der Waals surface area (Å²) in [5, 5.41) is 5.10.